The third-order valence-electron chi connectivity index (χ3n) is 15.3. The molecule has 0 fully saturated rings. The van der Waals surface area contributed by atoms with Crippen LogP contribution in [0.15, 0.2) is 0 Å². The number of hydrogen-bond donors (Lipinski definition) is 8. The lowest BCUT2D eigenvalue weighted by molar-refractivity contribution is -0.111. The minimum Gasteiger partial charge on any atom is -0.439 e. The zero-order valence-corrected chi connectivity index (χ0v) is 82.3. The van der Waals surface area contributed by atoms with Crippen LogP contribution in [0.5, 0.6) is 0 Å². The Bertz CT molecular complexity index is 1870. The van der Waals surface area contributed by atoms with E-state index in [9.17, 15) is 40.9 Å². The lowest BCUT2D eigenvalue weighted by Gasteiger charge is -2.38. The highest BCUT2D eigenvalue weighted by Gasteiger charge is 2.43. The summed E-state index contributed by atoms with van der Waals surface area (Å²) in [5.74, 6) is 0. The van der Waals surface area contributed by atoms with Crippen LogP contribution in [-0.2, 0) is 51.9 Å². The molecule has 0 amide bonds. The summed E-state index contributed by atoms with van der Waals surface area (Å²) in [7, 11) is -20.8. The van der Waals surface area contributed by atoms with Gasteiger partial charge in [-0.2, -0.15) is 0 Å². The Hall–Kier alpha value is 1.80. The summed E-state index contributed by atoms with van der Waals surface area (Å²) in [5.41, 5.74) is -3.17. The van der Waals surface area contributed by atoms with E-state index >= 15 is 0 Å². The van der Waals surface area contributed by atoms with Crippen molar-refractivity contribution in [1.29, 1.82) is 0 Å². The van der Waals surface area contributed by atoms with E-state index < -0.39 is 124 Å². The molecule has 0 aliphatic heterocycles. The minimum atomic E-state index is -2.17. The molecule has 0 saturated heterocycles. The van der Waals surface area contributed by atoms with Crippen molar-refractivity contribution in [2.45, 2.75) is 354 Å². The maximum absolute atomic E-state index is 9.41. The Morgan fingerprint density at radius 2 is 0.455 bits per heavy atom. The quantitative estimate of drug-likeness (QED) is 0.0208. The van der Waals surface area contributed by atoms with Crippen molar-refractivity contribution in [2.24, 2.45) is 0 Å². The predicted octanol–water partition coefficient (Wildman–Crippen LogP) is 15.5. The second-order valence-corrected chi connectivity index (χ2v) is 86.3. The van der Waals surface area contributed by atoms with Gasteiger partial charge in [0.25, 0.3) is 0 Å². The zero-order valence-electron chi connectivity index (χ0n) is 70.2. The molecule has 0 saturated carbocycles. The molecule has 0 unspecified atom stereocenters. The molecule has 20 nitrogen and oxygen atoms in total. The fraction of sp³-hybridized carbons (Fsp3) is 1.00. The number of hydrogen-bond acceptors (Lipinski definition) is 20. The Morgan fingerprint density at radius 1 is 0.253 bits per heavy atom. The topological polar surface area (TPSA) is 273 Å². The van der Waals surface area contributed by atoms with Gasteiger partial charge in [-0.25, -0.2) is 0 Å². The normalized spacial score (nSPS) is 14.1. The van der Waals surface area contributed by atoms with Gasteiger partial charge in [0.2, 0.25) is 0 Å². The van der Waals surface area contributed by atoms with Crippen molar-refractivity contribution in [3.8, 4) is 0 Å². The number of rotatable bonds is 56. The molecule has 0 aliphatic rings. The molecule has 8 N–H and O–H groups in total. The van der Waals surface area contributed by atoms with Crippen molar-refractivity contribution in [3.05, 3.63) is 0 Å². The third kappa shape index (κ3) is 61.3. The zero-order chi connectivity index (χ0) is 78.2. The molecule has 0 radical (unpaired) electrons. The van der Waals surface area contributed by atoms with Gasteiger partial charge in [-0.3, -0.25) is 0 Å². The Labute approximate surface area is 623 Å². The highest BCUT2D eigenvalue weighted by molar-refractivity contribution is 6.89. The molecule has 0 aromatic heterocycles. The SMILES string of the molecule is CC(CO)(CO)OCCCCCC[Si](C)(O[Si](C)(C)C)O[Si](C)(C)C.CCC(CO)(CO)OCCCCCC[Si](C)(O[Si](C)(C)C)O[Si](C)(C)C.CCC(CO)(CO)OCCCCC[SiH](O[Si](C)(C)C)O[Si](C)(C)C.CCC(CO)(CO)OCCCC[Si](C)(O[Si](C)(C)C)O[Si](C)(C)C. The van der Waals surface area contributed by atoms with E-state index in [4.69, 9.17) is 51.9 Å². The number of unbranched alkanes of at least 4 members (excludes halogenated alkanes) is 9. The highest BCUT2D eigenvalue weighted by atomic mass is 28.5. The van der Waals surface area contributed by atoms with Crippen LogP contribution in [0.1, 0.15) is 130 Å². The maximum atomic E-state index is 9.41. The molecule has 0 bridgehead atoms. The fourth-order valence-corrected chi connectivity index (χ4v) is 57.2. The summed E-state index contributed by atoms with van der Waals surface area (Å²) in [6.07, 6.45) is 15.3. The largest absolute Gasteiger partial charge is 0.439 e. The van der Waals surface area contributed by atoms with Crippen molar-refractivity contribution >= 4 is 102 Å². The smallest absolute Gasteiger partial charge is 0.314 e. The first-order chi connectivity index (χ1) is 44.8. The van der Waals surface area contributed by atoms with Crippen LogP contribution in [0.3, 0.4) is 0 Å². The van der Waals surface area contributed by atoms with Gasteiger partial charge in [-0.05, 0) is 259 Å². The van der Waals surface area contributed by atoms with Gasteiger partial charge in [0.1, 0.15) is 22.4 Å². The van der Waals surface area contributed by atoms with E-state index in [1.165, 1.54) is 0 Å². The monoisotopic (exact) mass is 1630 g/mol. The van der Waals surface area contributed by atoms with Crippen LogP contribution in [-0.4, -0.2) is 244 Å². The fourth-order valence-electron chi connectivity index (χ4n) is 10.9. The van der Waals surface area contributed by atoms with Crippen LogP contribution >= 0.6 is 0 Å². The summed E-state index contributed by atoms with van der Waals surface area (Å²) in [4.78, 5) is 0. The molecule has 0 atom stereocenters. The molecule has 0 aromatic carbocycles. The van der Waals surface area contributed by atoms with Crippen LogP contribution in [0, 0.1) is 0 Å². The van der Waals surface area contributed by atoms with Crippen molar-refractivity contribution in [2.75, 3.05) is 79.3 Å². The molecule has 0 spiro atoms. The van der Waals surface area contributed by atoms with E-state index in [0.29, 0.717) is 45.7 Å². The van der Waals surface area contributed by atoms with E-state index in [2.05, 4.69) is 177 Å². The van der Waals surface area contributed by atoms with Crippen LogP contribution in [0.25, 0.3) is 0 Å². The molecule has 0 rings (SSSR count). The van der Waals surface area contributed by atoms with E-state index in [-0.39, 0.29) is 52.9 Å². The molecule has 602 valence electrons. The van der Waals surface area contributed by atoms with Crippen LogP contribution < -0.4 is 0 Å². The number of aliphatic hydroxyl groups excluding tert-OH is 8. The van der Waals surface area contributed by atoms with Crippen LogP contribution in [0.2, 0.25) is 201 Å². The first-order valence-corrected chi connectivity index (χ1v) is 74.4. The molecule has 99 heavy (non-hydrogen) atoms. The van der Waals surface area contributed by atoms with E-state index in [1.54, 1.807) is 6.92 Å². The standard InChI is InChI=1S/C18H44O5Si3.C17H42O5Si3.2C16H40O5Si3/c1-9-18(16-19,17-20)21-14-12-10-11-13-15-26(8,22-24(2,3)4)23-25(5,6)7;1-17(15-18,16-19)20-13-11-9-10-12-14-25(8,21-23(2,3)4)22-24(5,6)7;1-9-16(14-17,15-18)19-12-10-11-13-24(8,20-22(2,3)4)21-23(5,6)7;1-8-16(14-17,15-18)19-12-10-9-11-13-22(20-23(2,3)4)21-24(5,6)7/h19-20H,9-17H2,1-8H3;18-19H,9-16H2,1-8H3;17-18H,9-15H2,1-8H3;17-18,22H,8-15H2,1-7H3. The summed E-state index contributed by atoms with van der Waals surface area (Å²) in [6, 6.07) is 4.11. The molecule has 0 heterocycles. The van der Waals surface area contributed by atoms with Gasteiger partial charge in [-0.1, -0.05) is 72.1 Å². The van der Waals surface area contributed by atoms with Crippen molar-refractivity contribution in [1.82, 2.24) is 0 Å². The average molecular weight is 1630 g/mol. The first kappa shape index (κ1) is 107. The predicted molar refractivity (Wildman–Crippen MR) is 445 cm³/mol. The van der Waals surface area contributed by atoms with E-state index in [1.807, 2.05) is 20.8 Å². The van der Waals surface area contributed by atoms with Gasteiger partial charge in [0.15, 0.2) is 66.5 Å². The Balaban J connectivity index is -0.000000608. The number of aliphatic hydroxyl groups is 8. The van der Waals surface area contributed by atoms with Gasteiger partial charge < -0.3 is 92.7 Å². The molecule has 32 heteroatoms. The van der Waals surface area contributed by atoms with E-state index in [0.717, 1.165) is 108 Å². The maximum Gasteiger partial charge on any atom is 0.314 e. The van der Waals surface area contributed by atoms with Gasteiger partial charge in [0.05, 0.1) is 52.9 Å². The summed E-state index contributed by atoms with van der Waals surface area (Å²) in [5, 5.41) is 74.7. The lowest BCUT2D eigenvalue weighted by Crippen LogP contribution is -2.52. The summed E-state index contributed by atoms with van der Waals surface area (Å²) < 4.78 is 74.4. The lowest BCUT2D eigenvalue weighted by atomic mass is 10.0. The minimum absolute atomic E-state index is 0.133. The summed E-state index contributed by atoms with van der Waals surface area (Å²) in [6.45, 7) is 68.8. The van der Waals surface area contributed by atoms with Gasteiger partial charge in [0, 0.05) is 26.4 Å². The molecule has 0 aromatic rings. The Kier molecular flexibility index (Phi) is 54.7. The van der Waals surface area contributed by atoms with Crippen LogP contribution in [0.4, 0.5) is 0 Å². The number of ether oxygens (including phenoxy) is 4. The van der Waals surface area contributed by atoms with Crippen molar-refractivity contribution in [3.63, 3.8) is 0 Å². The molecular formula is C67H166O20Si12. The average Bonchev–Trinajstić information content (AvgIpc) is 0.859. The molecule has 0 aliphatic carbocycles. The Morgan fingerprint density at radius 3 is 0.657 bits per heavy atom. The second-order valence-electron chi connectivity index (χ2n) is 35.9. The highest BCUT2D eigenvalue weighted by Crippen LogP contribution is 2.31. The van der Waals surface area contributed by atoms with Gasteiger partial charge >= 0.3 is 35.0 Å². The van der Waals surface area contributed by atoms with Gasteiger partial charge in [-0.15, -0.1) is 0 Å². The van der Waals surface area contributed by atoms with Crippen molar-refractivity contribution < 1.29 is 92.7 Å². The third-order valence-corrected chi connectivity index (χ3v) is 52.8. The first-order valence-electron chi connectivity index (χ1n) is 37.8. The summed E-state index contributed by atoms with van der Waals surface area (Å²) >= 11 is 0. The second kappa shape index (κ2) is 50.6. The molecular weight excluding hydrogens is 1460 g/mol.